The van der Waals surface area contributed by atoms with Crippen molar-refractivity contribution in [2.45, 2.75) is 29.1 Å². The SMILES string of the molecule is CN1CCN(c2cnc(Sc3cccc(NC(=O)C(N)Cc4c[nH]cn4)c3)nc2OCc2ccccc2)CC1. The van der Waals surface area contributed by atoms with Crippen molar-refractivity contribution in [1.82, 2.24) is 24.8 Å². The molecule has 0 bridgehead atoms. The fraction of sp³-hybridized carbons (Fsp3) is 0.286. The molecule has 2 aromatic heterocycles. The first kappa shape index (κ1) is 26.7. The van der Waals surface area contributed by atoms with Gasteiger partial charge >= 0.3 is 0 Å². The third-order valence-corrected chi connectivity index (χ3v) is 7.28. The van der Waals surface area contributed by atoms with Crippen LogP contribution in [-0.4, -0.2) is 70.0 Å². The van der Waals surface area contributed by atoms with Gasteiger partial charge in [-0.3, -0.25) is 4.79 Å². The summed E-state index contributed by atoms with van der Waals surface area (Å²) in [6.45, 7) is 4.13. The molecular formula is C28H32N8O2S. The number of rotatable bonds is 10. The predicted molar refractivity (Wildman–Crippen MR) is 152 cm³/mol. The normalized spacial score (nSPS) is 14.7. The van der Waals surface area contributed by atoms with E-state index in [1.54, 1.807) is 12.5 Å². The van der Waals surface area contributed by atoms with Crippen molar-refractivity contribution in [1.29, 1.82) is 0 Å². The Morgan fingerprint density at radius 2 is 1.95 bits per heavy atom. The molecule has 1 unspecified atom stereocenters. The molecule has 1 amide bonds. The summed E-state index contributed by atoms with van der Waals surface area (Å²) in [6.07, 6.45) is 5.50. The molecule has 0 spiro atoms. The molecule has 1 atom stereocenters. The Labute approximate surface area is 232 Å². The zero-order valence-electron chi connectivity index (χ0n) is 21.8. The summed E-state index contributed by atoms with van der Waals surface area (Å²) in [5.41, 5.74) is 9.44. The van der Waals surface area contributed by atoms with Crippen LogP contribution in [0.1, 0.15) is 11.3 Å². The van der Waals surface area contributed by atoms with E-state index in [4.69, 9.17) is 15.5 Å². The van der Waals surface area contributed by atoms with E-state index in [-0.39, 0.29) is 5.91 Å². The summed E-state index contributed by atoms with van der Waals surface area (Å²) < 4.78 is 6.23. The topological polar surface area (TPSA) is 125 Å². The third kappa shape index (κ3) is 7.34. The Morgan fingerprint density at radius 3 is 2.72 bits per heavy atom. The van der Waals surface area contributed by atoms with Crippen molar-refractivity contribution >= 4 is 29.0 Å². The summed E-state index contributed by atoms with van der Waals surface area (Å²) in [5.74, 6) is 0.291. The lowest BCUT2D eigenvalue weighted by Gasteiger charge is -2.34. The fourth-order valence-electron chi connectivity index (χ4n) is 4.19. The number of amides is 1. The van der Waals surface area contributed by atoms with Crippen LogP contribution in [0.15, 0.2) is 83.4 Å². The second-order valence-electron chi connectivity index (χ2n) is 9.40. The number of anilines is 2. The summed E-state index contributed by atoms with van der Waals surface area (Å²) in [5, 5.41) is 3.46. The molecule has 1 saturated heterocycles. The Hall–Kier alpha value is -3.93. The summed E-state index contributed by atoms with van der Waals surface area (Å²) in [7, 11) is 2.13. The van der Waals surface area contributed by atoms with Crippen LogP contribution in [0.5, 0.6) is 5.88 Å². The summed E-state index contributed by atoms with van der Waals surface area (Å²) >= 11 is 1.41. The van der Waals surface area contributed by atoms with Crippen LogP contribution in [0.25, 0.3) is 0 Å². The zero-order chi connectivity index (χ0) is 27.0. The van der Waals surface area contributed by atoms with E-state index in [1.165, 1.54) is 11.8 Å². The number of carbonyl (C=O) groups is 1. The highest BCUT2D eigenvalue weighted by Crippen LogP contribution is 2.33. The molecule has 4 N–H and O–H groups in total. The average Bonchev–Trinajstić information content (AvgIpc) is 3.46. The van der Waals surface area contributed by atoms with Gasteiger partial charge in [0.1, 0.15) is 12.3 Å². The van der Waals surface area contributed by atoms with Gasteiger partial charge in [0.05, 0.1) is 24.3 Å². The van der Waals surface area contributed by atoms with Crippen LogP contribution < -0.4 is 20.7 Å². The molecule has 1 aliphatic heterocycles. The van der Waals surface area contributed by atoms with Crippen molar-refractivity contribution in [2.24, 2.45) is 5.73 Å². The molecule has 10 nitrogen and oxygen atoms in total. The van der Waals surface area contributed by atoms with Crippen molar-refractivity contribution in [3.05, 3.63) is 84.6 Å². The first-order valence-corrected chi connectivity index (χ1v) is 13.6. The van der Waals surface area contributed by atoms with Crippen LogP contribution in [0.4, 0.5) is 11.4 Å². The highest BCUT2D eigenvalue weighted by Gasteiger charge is 2.21. The molecule has 202 valence electrons. The molecule has 0 aliphatic carbocycles. The molecule has 1 fully saturated rings. The molecule has 1 aliphatic rings. The number of nitrogens with two attached hydrogens (primary N) is 1. The molecule has 0 radical (unpaired) electrons. The Bertz CT molecular complexity index is 1360. The van der Waals surface area contributed by atoms with Crippen LogP contribution in [-0.2, 0) is 17.8 Å². The molecule has 39 heavy (non-hydrogen) atoms. The molecular weight excluding hydrogens is 512 g/mol. The largest absolute Gasteiger partial charge is 0.471 e. The number of aromatic amines is 1. The second kappa shape index (κ2) is 12.7. The number of piperazine rings is 1. The number of aromatic nitrogens is 4. The Kier molecular flexibility index (Phi) is 8.71. The lowest BCUT2D eigenvalue weighted by Crippen LogP contribution is -2.44. The number of carbonyl (C=O) groups excluding carboxylic acids is 1. The highest BCUT2D eigenvalue weighted by atomic mass is 32.2. The van der Waals surface area contributed by atoms with E-state index in [0.29, 0.717) is 29.8 Å². The smallest absolute Gasteiger partial charge is 0.242 e. The minimum atomic E-state index is -0.709. The second-order valence-corrected chi connectivity index (χ2v) is 10.4. The van der Waals surface area contributed by atoms with Gasteiger partial charge in [-0.2, -0.15) is 4.98 Å². The molecule has 11 heteroatoms. The molecule has 5 rings (SSSR count). The van der Waals surface area contributed by atoms with Gasteiger partial charge in [-0.25, -0.2) is 9.97 Å². The molecule has 2 aromatic carbocycles. The van der Waals surface area contributed by atoms with Crippen LogP contribution in [0, 0.1) is 0 Å². The van der Waals surface area contributed by atoms with Gasteiger partial charge in [0.2, 0.25) is 11.8 Å². The first-order valence-electron chi connectivity index (χ1n) is 12.8. The Morgan fingerprint density at radius 1 is 1.13 bits per heavy atom. The zero-order valence-corrected chi connectivity index (χ0v) is 22.6. The number of H-pyrrole nitrogens is 1. The quantitative estimate of drug-likeness (QED) is 0.258. The van der Waals surface area contributed by atoms with E-state index in [1.807, 2.05) is 60.8 Å². The minimum absolute atomic E-state index is 0.274. The van der Waals surface area contributed by atoms with Gasteiger partial charge in [-0.05, 0) is 42.6 Å². The third-order valence-electron chi connectivity index (χ3n) is 6.41. The number of likely N-dealkylation sites (N-methyl/N-ethyl adjacent to an activating group) is 1. The monoisotopic (exact) mass is 544 g/mol. The van der Waals surface area contributed by atoms with Crippen molar-refractivity contribution in [3.63, 3.8) is 0 Å². The van der Waals surface area contributed by atoms with Crippen molar-refractivity contribution in [2.75, 3.05) is 43.4 Å². The maximum absolute atomic E-state index is 12.6. The van der Waals surface area contributed by atoms with Crippen LogP contribution in [0.3, 0.4) is 0 Å². The van der Waals surface area contributed by atoms with Crippen molar-refractivity contribution < 1.29 is 9.53 Å². The summed E-state index contributed by atoms with van der Waals surface area (Å²) in [4.78, 5) is 34.5. The molecule has 0 saturated carbocycles. The number of hydrogen-bond donors (Lipinski definition) is 3. The number of nitrogens with zero attached hydrogens (tertiary/aromatic N) is 5. The van der Waals surface area contributed by atoms with E-state index in [2.05, 4.69) is 37.1 Å². The number of imidazole rings is 1. The van der Waals surface area contributed by atoms with Gasteiger partial charge in [0.25, 0.3) is 0 Å². The van der Waals surface area contributed by atoms with Crippen LogP contribution >= 0.6 is 11.8 Å². The number of ether oxygens (including phenoxy) is 1. The molecule has 3 heterocycles. The van der Waals surface area contributed by atoms with Gasteiger partial charge < -0.3 is 30.6 Å². The average molecular weight is 545 g/mol. The number of hydrogen-bond acceptors (Lipinski definition) is 9. The lowest BCUT2D eigenvalue weighted by molar-refractivity contribution is -0.117. The molecule has 4 aromatic rings. The minimum Gasteiger partial charge on any atom is -0.471 e. The van der Waals surface area contributed by atoms with Crippen molar-refractivity contribution in [3.8, 4) is 5.88 Å². The Balaban J connectivity index is 1.29. The van der Waals surface area contributed by atoms with Crippen LogP contribution in [0.2, 0.25) is 0 Å². The summed E-state index contributed by atoms with van der Waals surface area (Å²) in [6, 6.07) is 16.9. The van der Waals surface area contributed by atoms with Gasteiger partial charge in [0, 0.05) is 49.4 Å². The fourth-order valence-corrected chi connectivity index (χ4v) is 4.97. The van der Waals surface area contributed by atoms with E-state index in [9.17, 15) is 4.79 Å². The lowest BCUT2D eigenvalue weighted by atomic mass is 10.1. The number of nitrogens with one attached hydrogen (secondary N) is 2. The van der Waals surface area contributed by atoms with Gasteiger partial charge in [0.15, 0.2) is 5.16 Å². The van der Waals surface area contributed by atoms with E-state index < -0.39 is 6.04 Å². The predicted octanol–water partition coefficient (Wildman–Crippen LogP) is 3.19. The standard InChI is InChI=1S/C28H32N8O2S/c1-35-10-12-36(13-11-35)25-17-31-28(34-27(25)38-18-20-6-3-2-4-7-20)39-23-9-5-8-21(14-23)33-26(37)24(29)15-22-16-30-19-32-22/h2-9,14,16-17,19,24H,10-13,15,18,29H2,1H3,(H,30,32)(H,33,37). The maximum atomic E-state index is 12.6. The maximum Gasteiger partial charge on any atom is 0.242 e. The highest BCUT2D eigenvalue weighted by molar-refractivity contribution is 7.99. The first-order chi connectivity index (χ1) is 19.0. The van der Waals surface area contributed by atoms with Gasteiger partial charge in [-0.1, -0.05) is 36.4 Å². The van der Waals surface area contributed by atoms with Gasteiger partial charge in [-0.15, -0.1) is 0 Å². The number of benzene rings is 2. The van der Waals surface area contributed by atoms with E-state index in [0.717, 1.165) is 48.0 Å². The van der Waals surface area contributed by atoms with E-state index >= 15 is 0 Å².